The van der Waals surface area contributed by atoms with E-state index < -0.39 is 17.3 Å². The molecule has 1 N–H and O–H groups in total. The van der Waals surface area contributed by atoms with Crippen LogP contribution in [0.4, 0.5) is 10.2 Å². The zero-order valence-electron chi connectivity index (χ0n) is 15.8. The van der Waals surface area contributed by atoms with Gasteiger partial charge in [0.2, 0.25) is 0 Å². The normalized spacial score (nSPS) is 24.0. The molecule has 1 atom stereocenters. The third-order valence-corrected chi connectivity index (χ3v) is 6.57. The zero-order chi connectivity index (χ0) is 19.5. The Morgan fingerprint density at radius 2 is 2.18 bits per heavy atom. The average Bonchev–Trinajstić information content (AvgIpc) is 3.27. The number of carbonyl (C=O) groups excluding carboxylic acids is 1. The molecule has 142 valence electrons. The SMILES string of the molecule is CC1(C#N)CCCN1C(=O)c1cccc(-c2cnc3c(c2)C2(CC2)CN3)c1F. The van der Waals surface area contributed by atoms with Crippen LogP contribution in [0.5, 0.6) is 0 Å². The monoisotopic (exact) mass is 376 g/mol. The van der Waals surface area contributed by atoms with Crippen LogP contribution < -0.4 is 5.32 Å². The van der Waals surface area contributed by atoms with E-state index in [1.165, 1.54) is 11.0 Å². The molecule has 0 radical (unpaired) electrons. The van der Waals surface area contributed by atoms with Crippen molar-refractivity contribution in [2.24, 2.45) is 0 Å². The summed E-state index contributed by atoms with van der Waals surface area (Å²) in [6.07, 6.45) is 5.28. The Labute approximate surface area is 163 Å². The Kier molecular flexibility index (Phi) is 3.54. The van der Waals surface area contributed by atoms with Gasteiger partial charge in [0.25, 0.3) is 5.91 Å². The summed E-state index contributed by atoms with van der Waals surface area (Å²) in [6, 6.07) is 9.11. The number of carbonyl (C=O) groups is 1. The predicted molar refractivity (Wildman–Crippen MR) is 103 cm³/mol. The first-order chi connectivity index (χ1) is 13.5. The molecule has 2 fully saturated rings. The van der Waals surface area contributed by atoms with Crippen molar-refractivity contribution in [3.8, 4) is 17.2 Å². The number of nitrogens with one attached hydrogen (secondary N) is 1. The van der Waals surface area contributed by atoms with E-state index in [4.69, 9.17) is 0 Å². The smallest absolute Gasteiger partial charge is 0.258 e. The summed E-state index contributed by atoms with van der Waals surface area (Å²) in [5, 5.41) is 12.8. The van der Waals surface area contributed by atoms with Gasteiger partial charge < -0.3 is 10.2 Å². The van der Waals surface area contributed by atoms with E-state index in [2.05, 4.69) is 16.4 Å². The lowest BCUT2D eigenvalue weighted by Crippen LogP contribution is -2.44. The lowest BCUT2D eigenvalue weighted by atomic mass is 9.95. The summed E-state index contributed by atoms with van der Waals surface area (Å²) in [7, 11) is 0. The Hall–Kier alpha value is -2.94. The number of halogens is 1. The highest BCUT2D eigenvalue weighted by atomic mass is 19.1. The minimum absolute atomic E-state index is 0.0145. The second kappa shape index (κ2) is 5.78. The summed E-state index contributed by atoms with van der Waals surface area (Å²) < 4.78 is 15.4. The molecule has 6 heteroatoms. The first-order valence-corrected chi connectivity index (χ1v) is 9.74. The number of hydrogen-bond acceptors (Lipinski definition) is 4. The molecule has 1 aliphatic carbocycles. The maximum Gasteiger partial charge on any atom is 0.258 e. The fourth-order valence-electron chi connectivity index (χ4n) is 4.57. The van der Waals surface area contributed by atoms with Crippen molar-refractivity contribution < 1.29 is 9.18 Å². The van der Waals surface area contributed by atoms with Crippen LogP contribution in [-0.4, -0.2) is 34.4 Å². The molecule has 2 aromatic rings. The van der Waals surface area contributed by atoms with Gasteiger partial charge >= 0.3 is 0 Å². The van der Waals surface area contributed by atoms with E-state index in [0.717, 1.165) is 37.2 Å². The molecule has 5 rings (SSSR count). The summed E-state index contributed by atoms with van der Waals surface area (Å²) >= 11 is 0. The number of nitriles is 1. The van der Waals surface area contributed by atoms with Gasteiger partial charge in [-0.2, -0.15) is 5.26 Å². The molecule has 1 saturated carbocycles. The maximum atomic E-state index is 15.4. The van der Waals surface area contributed by atoms with Crippen LogP contribution in [-0.2, 0) is 5.41 Å². The van der Waals surface area contributed by atoms with Crippen molar-refractivity contribution in [2.75, 3.05) is 18.4 Å². The van der Waals surface area contributed by atoms with Crippen molar-refractivity contribution in [2.45, 2.75) is 43.6 Å². The molecule has 0 bridgehead atoms. The molecular formula is C22H21FN4O. The first-order valence-electron chi connectivity index (χ1n) is 9.74. The number of hydrogen-bond donors (Lipinski definition) is 1. The molecule has 1 saturated heterocycles. The second-order valence-corrected chi connectivity index (χ2v) is 8.37. The van der Waals surface area contributed by atoms with Gasteiger partial charge in [0, 0.05) is 41.4 Å². The van der Waals surface area contributed by atoms with Gasteiger partial charge in [-0.3, -0.25) is 4.79 Å². The molecule has 2 aliphatic heterocycles. The van der Waals surface area contributed by atoms with Crippen molar-refractivity contribution in [1.29, 1.82) is 5.26 Å². The van der Waals surface area contributed by atoms with Gasteiger partial charge in [-0.15, -0.1) is 0 Å². The lowest BCUT2D eigenvalue weighted by Gasteiger charge is -2.29. The first kappa shape index (κ1) is 17.2. The Bertz CT molecular complexity index is 1040. The summed E-state index contributed by atoms with van der Waals surface area (Å²) in [6.45, 7) is 3.11. The van der Waals surface area contributed by atoms with E-state index in [1.807, 2.05) is 6.07 Å². The molecule has 5 nitrogen and oxygen atoms in total. The molecule has 1 aromatic heterocycles. The van der Waals surface area contributed by atoms with E-state index in [9.17, 15) is 10.1 Å². The largest absolute Gasteiger partial charge is 0.369 e. The van der Waals surface area contributed by atoms with Gasteiger partial charge in [-0.1, -0.05) is 12.1 Å². The highest BCUT2D eigenvalue weighted by Gasteiger charge is 2.49. The van der Waals surface area contributed by atoms with E-state index >= 15 is 4.39 Å². The molecule has 3 heterocycles. The minimum Gasteiger partial charge on any atom is -0.369 e. The molecule has 1 spiro atoms. The van der Waals surface area contributed by atoms with Crippen LogP contribution in [0.3, 0.4) is 0 Å². The number of fused-ring (bicyclic) bond motifs is 2. The van der Waals surface area contributed by atoms with Gasteiger partial charge in [0.1, 0.15) is 17.2 Å². The standard InChI is InChI=1S/C22H21FN4O/c1-21(12-24)6-3-9-27(21)20(28)16-5-2-4-15(18(16)23)14-10-17-19(25-11-14)26-13-22(17)7-8-22/h2,4-5,10-11H,3,6-9,13H2,1H3,(H,25,26). The van der Waals surface area contributed by atoms with Crippen LogP contribution >= 0.6 is 0 Å². The Morgan fingerprint density at radius 3 is 2.93 bits per heavy atom. The quantitative estimate of drug-likeness (QED) is 0.864. The average molecular weight is 376 g/mol. The molecular weight excluding hydrogens is 355 g/mol. The van der Waals surface area contributed by atoms with Gasteiger partial charge in [-0.05, 0) is 44.7 Å². The van der Waals surface area contributed by atoms with Crippen LogP contribution in [0.25, 0.3) is 11.1 Å². The van der Waals surface area contributed by atoms with Gasteiger partial charge in [0.15, 0.2) is 0 Å². The fourth-order valence-corrected chi connectivity index (χ4v) is 4.57. The predicted octanol–water partition coefficient (Wildman–Crippen LogP) is 3.86. The van der Waals surface area contributed by atoms with Crippen molar-refractivity contribution >= 4 is 11.7 Å². The number of nitrogens with zero attached hydrogens (tertiary/aromatic N) is 3. The van der Waals surface area contributed by atoms with Gasteiger partial charge in [-0.25, -0.2) is 9.37 Å². The zero-order valence-corrected chi connectivity index (χ0v) is 15.8. The van der Waals surface area contributed by atoms with E-state index in [-0.39, 0.29) is 11.0 Å². The number of likely N-dealkylation sites (tertiary alicyclic amines) is 1. The highest BCUT2D eigenvalue weighted by molar-refractivity contribution is 5.97. The number of rotatable bonds is 2. The van der Waals surface area contributed by atoms with Crippen LogP contribution in [0, 0.1) is 17.1 Å². The molecule has 1 amide bonds. The molecule has 3 aliphatic rings. The Morgan fingerprint density at radius 1 is 1.36 bits per heavy atom. The van der Waals surface area contributed by atoms with Crippen molar-refractivity contribution in [3.63, 3.8) is 0 Å². The summed E-state index contributed by atoms with van der Waals surface area (Å²) in [4.78, 5) is 19.0. The summed E-state index contributed by atoms with van der Waals surface area (Å²) in [5.41, 5.74) is 1.51. The topological polar surface area (TPSA) is 69.0 Å². The number of anilines is 1. The Balaban J connectivity index is 1.54. The molecule has 1 aromatic carbocycles. The number of benzene rings is 1. The summed E-state index contributed by atoms with van der Waals surface area (Å²) in [5.74, 6) is -0.0802. The van der Waals surface area contributed by atoms with Crippen molar-refractivity contribution in [1.82, 2.24) is 9.88 Å². The number of amides is 1. The van der Waals surface area contributed by atoms with Crippen LogP contribution in [0.15, 0.2) is 30.5 Å². The minimum atomic E-state index is -0.876. The second-order valence-electron chi connectivity index (χ2n) is 8.37. The molecule has 1 unspecified atom stereocenters. The number of pyridine rings is 1. The maximum absolute atomic E-state index is 15.4. The van der Waals surface area contributed by atoms with Crippen LogP contribution in [0.1, 0.15) is 48.5 Å². The molecule has 28 heavy (non-hydrogen) atoms. The lowest BCUT2D eigenvalue weighted by molar-refractivity contribution is 0.0688. The van der Waals surface area contributed by atoms with Crippen LogP contribution in [0.2, 0.25) is 0 Å². The third-order valence-electron chi connectivity index (χ3n) is 6.57. The third kappa shape index (κ3) is 2.35. The van der Waals surface area contributed by atoms with Crippen molar-refractivity contribution in [3.05, 3.63) is 47.4 Å². The number of aromatic nitrogens is 1. The van der Waals surface area contributed by atoms with E-state index in [1.54, 1.807) is 25.3 Å². The van der Waals surface area contributed by atoms with E-state index in [0.29, 0.717) is 24.1 Å². The van der Waals surface area contributed by atoms with Gasteiger partial charge in [0.05, 0.1) is 11.6 Å². The highest BCUT2D eigenvalue weighted by Crippen LogP contribution is 2.54. The fraction of sp³-hybridized carbons (Fsp3) is 0.409.